The molecule has 2 N–H and O–H groups in total. The van der Waals surface area contributed by atoms with E-state index in [-0.39, 0.29) is 0 Å². The lowest BCUT2D eigenvalue weighted by Crippen LogP contribution is -1.96. The molecule has 0 spiro atoms. The molecule has 17 heavy (non-hydrogen) atoms. The van der Waals surface area contributed by atoms with E-state index in [1.807, 2.05) is 30.5 Å². The van der Waals surface area contributed by atoms with E-state index in [2.05, 4.69) is 10.1 Å². The molecule has 4 nitrogen and oxygen atoms in total. The molecule has 0 aliphatic rings. The third-order valence-electron chi connectivity index (χ3n) is 2.53. The maximum absolute atomic E-state index is 6.10. The lowest BCUT2D eigenvalue weighted by Gasteiger charge is -2.05. The van der Waals surface area contributed by atoms with E-state index < -0.39 is 0 Å². The molecule has 84 valence electrons. The fourth-order valence-electron chi connectivity index (χ4n) is 1.76. The van der Waals surface area contributed by atoms with Crippen LogP contribution in [0, 0.1) is 0 Å². The van der Waals surface area contributed by atoms with Gasteiger partial charge in [-0.1, -0.05) is 11.6 Å². The van der Waals surface area contributed by atoms with Crippen LogP contribution in [0.2, 0.25) is 5.02 Å². The molecular weight excluding hydrogens is 236 g/mol. The molecule has 1 aromatic carbocycles. The molecule has 5 heteroatoms. The lowest BCUT2D eigenvalue weighted by atomic mass is 10.2. The number of anilines is 1. The average molecular weight is 245 g/mol. The van der Waals surface area contributed by atoms with Crippen molar-refractivity contribution in [2.75, 3.05) is 5.73 Å². The summed E-state index contributed by atoms with van der Waals surface area (Å²) < 4.78 is 1.76. The Morgan fingerprint density at radius 3 is 2.88 bits per heavy atom. The summed E-state index contributed by atoms with van der Waals surface area (Å²) >= 11 is 6.10. The van der Waals surface area contributed by atoms with Gasteiger partial charge in [-0.3, -0.25) is 0 Å². The van der Waals surface area contributed by atoms with Crippen LogP contribution >= 0.6 is 11.6 Å². The van der Waals surface area contributed by atoms with Crippen molar-refractivity contribution in [3.05, 3.63) is 47.7 Å². The van der Waals surface area contributed by atoms with Crippen molar-refractivity contribution in [1.29, 1.82) is 0 Å². The maximum atomic E-state index is 6.10. The first kappa shape index (κ1) is 10.1. The molecule has 0 aliphatic heterocycles. The minimum absolute atomic E-state index is 0.417. The second kappa shape index (κ2) is 3.75. The highest BCUT2D eigenvalue weighted by Gasteiger charge is 2.04. The Labute approximate surface area is 103 Å². The molecule has 3 aromatic rings. The first-order valence-electron chi connectivity index (χ1n) is 5.10. The molecule has 0 bridgehead atoms. The van der Waals surface area contributed by atoms with E-state index in [1.54, 1.807) is 16.9 Å². The first-order chi connectivity index (χ1) is 8.24. The summed E-state index contributed by atoms with van der Waals surface area (Å²) in [6, 6.07) is 9.28. The first-order valence-corrected chi connectivity index (χ1v) is 5.47. The van der Waals surface area contributed by atoms with Gasteiger partial charge in [0.05, 0.1) is 16.2 Å². The van der Waals surface area contributed by atoms with Crippen molar-refractivity contribution >= 4 is 28.3 Å². The van der Waals surface area contributed by atoms with Crippen molar-refractivity contribution in [3.63, 3.8) is 0 Å². The Morgan fingerprint density at radius 1 is 1.24 bits per heavy atom. The summed E-state index contributed by atoms with van der Waals surface area (Å²) in [5.41, 5.74) is 7.37. The fraction of sp³-hybridized carbons (Fsp3) is 0. The smallest absolute Gasteiger partial charge is 0.125 e. The van der Waals surface area contributed by atoms with Crippen LogP contribution in [0.4, 0.5) is 5.82 Å². The summed E-state index contributed by atoms with van der Waals surface area (Å²) in [7, 11) is 0. The number of hydrogen-bond acceptors (Lipinski definition) is 3. The van der Waals surface area contributed by atoms with Gasteiger partial charge in [0.1, 0.15) is 5.82 Å². The van der Waals surface area contributed by atoms with Gasteiger partial charge < -0.3 is 5.73 Å². The summed E-state index contributed by atoms with van der Waals surface area (Å²) in [6.07, 6.45) is 3.60. The lowest BCUT2D eigenvalue weighted by molar-refractivity contribution is 0.882. The minimum Gasteiger partial charge on any atom is -0.384 e. The van der Waals surface area contributed by atoms with Crippen molar-refractivity contribution in [3.8, 4) is 5.69 Å². The molecular formula is C12H9ClN4. The van der Waals surface area contributed by atoms with E-state index >= 15 is 0 Å². The largest absolute Gasteiger partial charge is 0.384 e. The van der Waals surface area contributed by atoms with Gasteiger partial charge >= 0.3 is 0 Å². The maximum Gasteiger partial charge on any atom is 0.125 e. The topological polar surface area (TPSA) is 56.7 Å². The van der Waals surface area contributed by atoms with Gasteiger partial charge in [0.25, 0.3) is 0 Å². The minimum atomic E-state index is 0.417. The van der Waals surface area contributed by atoms with Crippen LogP contribution in [0.15, 0.2) is 42.7 Å². The van der Waals surface area contributed by atoms with Crippen molar-refractivity contribution < 1.29 is 0 Å². The highest BCUT2D eigenvalue weighted by molar-refractivity contribution is 6.35. The molecule has 0 atom stereocenters. The van der Waals surface area contributed by atoms with Gasteiger partial charge in [-0.2, -0.15) is 5.10 Å². The number of fused-ring (bicyclic) bond motifs is 1. The predicted molar refractivity (Wildman–Crippen MR) is 68.3 cm³/mol. The highest BCUT2D eigenvalue weighted by atomic mass is 35.5. The molecule has 0 saturated heterocycles. The van der Waals surface area contributed by atoms with Gasteiger partial charge in [0.15, 0.2) is 0 Å². The quantitative estimate of drug-likeness (QED) is 0.716. The summed E-state index contributed by atoms with van der Waals surface area (Å²) in [6.45, 7) is 0. The zero-order valence-electron chi connectivity index (χ0n) is 8.84. The molecule has 0 aliphatic carbocycles. The van der Waals surface area contributed by atoms with Crippen LogP contribution in [0.3, 0.4) is 0 Å². The highest BCUT2D eigenvalue weighted by Crippen LogP contribution is 2.25. The number of nitrogen functional groups attached to an aromatic ring is 1. The summed E-state index contributed by atoms with van der Waals surface area (Å²) in [5, 5.41) is 5.66. The number of hydrogen-bond donors (Lipinski definition) is 1. The number of rotatable bonds is 1. The number of pyridine rings is 1. The van der Waals surface area contributed by atoms with Crippen molar-refractivity contribution in [2.24, 2.45) is 0 Å². The van der Waals surface area contributed by atoms with Gasteiger partial charge in [-0.25, -0.2) is 9.67 Å². The van der Waals surface area contributed by atoms with Crippen LogP contribution in [0.5, 0.6) is 0 Å². The summed E-state index contributed by atoms with van der Waals surface area (Å²) in [4.78, 5) is 4.26. The Bertz CT molecular complexity index is 676. The fourth-order valence-corrected chi connectivity index (χ4v) is 2.03. The number of halogens is 1. The molecule has 0 amide bonds. The number of benzene rings is 1. The number of nitrogens with zero attached hydrogens (tertiary/aromatic N) is 3. The van der Waals surface area contributed by atoms with E-state index in [1.165, 1.54) is 0 Å². The number of nitrogens with two attached hydrogens (primary N) is 1. The van der Waals surface area contributed by atoms with Gasteiger partial charge in [0, 0.05) is 17.8 Å². The Hall–Kier alpha value is -2.07. The Morgan fingerprint density at radius 2 is 2.12 bits per heavy atom. The molecule has 2 heterocycles. The predicted octanol–water partition coefficient (Wildman–Crippen LogP) is 2.66. The third-order valence-corrected chi connectivity index (χ3v) is 2.84. The van der Waals surface area contributed by atoms with Crippen LogP contribution in [0.25, 0.3) is 16.6 Å². The second-order valence-corrected chi connectivity index (χ2v) is 4.09. The van der Waals surface area contributed by atoms with Crippen molar-refractivity contribution in [2.45, 2.75) is 0 Å². The van der Waals surface area contributed by atoms with E-state index in [9.17, 15) is 0 Å². The van der Waals surface area contributed by atoms with Crippen molar-refractivity contribution in [1.82, 2.24) is 14.8 Å². The molecule has 3 rings (SSSR count). The van der Waals surface area contributed by atoms with Crippen LogP contribution in [-0.4, -0.2) is 14.8 Å². The van der Waals surface area contributed by atoms with E-state index in [0.717, 1.165) is 16.6 Å². The third kappa shape index (κ3) is 1.72. The average Bonchev–Trinajstić information content (AvgIpc) is 2.81. The SMILES string of the molecule is Nc1cc(Cl)c2ccc(-n3cccn3)cc2n1. The monoisotopic (exact) mass is 244 g/mol. The van der Waals surface area contributed by atoms with Gasteiger partial charge in [-0.05, 0) is 30.3 Å². The van der Waals surface area contributed by atoms with Crippen LogP contribution < -0.4 is 5.73 Å². The molecule has 2 aromatic heterocycles. The molecule has 0 unspecified atom stereocenters. The molecule has 0 fully saturated rings. The van der Waals surface area contributed by atoms with Gasteiger partial charge in [0.2, 0.25) is 0 Å². The Kier molecular flexibility index (Phi) is 2.23. The normalized spacial score (nSPS) is 10.9. The zero-order valence-corrected chi connectivity index (χ0v) is 9.59. The van der Waals surface area contributed by atoms with Crippen LogP contribution in [-0.2, 0) is 0 Å². The summed E-state index contributed by atoms with van der Waals surface area (Å²) in [5.74, 6) is 0.417. The Balaban J connectivity index is 2.26. The van der Waals surface area contributed by atoms with E-state index in [0.29, 0.717) is 10.8 Å². The zero-order chi connectivity index (χ0) is 11.8. The molecule has 0 radical (unpaired) electrons. The van der Waals surface area contributed by atoms with Gasteiger partial charge in [-0.15, -0.1) is 0 Å². The standard InChI is InChI=1S/C12H9ClN4/c13-10-7-12(14)16-11-6-8(2-3-9(10)11)17-5-1-4-15-17/h1-7H,(H2,14,16). The second-order valence-electron chi connectivity index (χ2n) is 3.68. The molecule has 0 saturated carbocycles. The van der Waals surface area contributed by atoms with Crippen LogP contribution in [0.1, 0.15) is 0 Å². The number of aromatic nitrogens is 3. The van der Waals surface area contributed by atoms with E-state index in [4.69, 9.17) is 17.3 Å².